The molecule has 0 saturated carbocycles. The molecule has 3 heterocycles. The molecule has 0 amide bonds. The smallest absolute Gasteiger partial charge is 0.223 e. The summed E-state index contributed by atoms with van der Waals surface area (Å²) in [4.78, 5) is 14.0. The van der Waals surface area contributed by atoms with Crippen LogP contribution >= 0.6 is 0 Å². The van der Waals surface area contributed by atoms with Crippen LogP contribution in [0.5, 0.6) is 0 Å². The number of aryl methyl sites for hydroxylation is 1. The predicted molar refractivity (Wildman–Crippen MR) is 131 cm³/mol. The molecule has 0 saturated heterocycles. The lowest BCUT2D eigenvalue weighted by atomic mass is 10.1. The molecule has 0 spiro atoms. The largest absolute Gasteiger partial charge is 0.392 e. The zero-order valence-corrected chi connectivity index (χ0v) is 18.9. The van der Waals surface area contributed by atoms with Crippen molar-refractivity contribution in [3.8, 4) is 22.6 Å². The van der Waals surface area contributed by atoms with E-state index in [9.17, 15) is 9.50 Å². The number of nitrogens with one attached hydrogen (secondary N) is 1. The van der Waals surface area contributed by atoms with Crippen LogP contribution in [-0.4, -0.2) is 24.5 Å². The molecule has 6 nitrogen and oxygen atoms in total. The van der Waals surface area contributed by atoms with Crippen molar-refractivity contribution < 1.29 is 9.50 Å². The Morgan fingerprint density at radius 3 is 2.50 bits per heavy atom. The minimum Gasteiger partial charge on any atom is -0.392 e. The molecule has 5 rings (SSSR count). The van der Waals surface area contributed by atoms with Crippen LogP contribution < -0.4 is 5.32 Å². The van der Waals surface area contributed by atoms with Gasteiger partial charge in [0.05, 0.1) is 29.7 Å². The van der Waals surface area contributed by atoms with Crippen molar-refractivity contribution in [1.82, 2.24) is 19.4 Å². The normalized spacial score (nSPS) is 12.1. The fourth-order valence-electron chi connectivity index (χ4n) is 3.93. The molecule has 2 N–H and O–H groups in total. The second-order valence-corrected chi connectivity index (χ2v) is 8.28. The van der Waals surface area contributed by atoms with E-state index in [2.05, 4.69) is 48.4 Å². The molecule has 0 radical (unpaired) electrons. The minimum atomic E-state index is -0.310. The maximum Gasteiger partial charge on any atom is 0.223 e. The van der Waals surface area contributed by atoms with Crippen LogP contribution in [0.1, 0.15) is 29.7 Å². The van der Waals surface area contributed by atoms with Gasteiger partial charge < -0.3 is 10.4 Å². The van der Waals surface area contributed by atoms with Gasteiger partial charge in [-0.25, -0.2) is 19.3 Å². The van der Waals surface area contributed by atoms with Gasteiger partial charge in [-0.3, -0.25) is 4.40 Å². The summed E-state index contributed by atoms with van der Waals surface area (Å²) < 4.78 is 15.5. The van der Waals surface area contributed by atoms with E-state index in [1.54, 1.807) is 18.3 Å². The van der Waals surface area contributed by atoms with E-state index in [1.165, 1.54) is 17.7 Å². The summed E-state index contributed by atoms with van der Waals surface area (Å²) in [7, 11) is 0. The summed E-state index contributed by atoms with van der Waals surface area (Å²) in [5.41, 5.74) is 6.65. The third-order valence-corrected chi connectivity index (χ3v) is 5.81. The number of benzene rings is 2. The number of aliphatic hydroxyl groups excluding tert-OH is 1. The molecule has 170 valence electrons. The van der Waals surface area contributed by atoms with Crippen molar-refractivity contribution in [2.45, 2.75) is 26.5 Å². The number of pyridine rings is 1. The number of imidazole rings is 1. The number of hydrogen-bond donors (Lipinski definition) is 2. The second-order valence-electron chi connectivity index (χ2n) is 8.28. The highest BCUT2D eigenvalue weighted by atomic mass is 19.1. The molecule has 0 bridgehead atoms. The van der Waals surface area contributed by atoms with Gasteiger partial charge in [-0.15, -0.1) is 0 Å². The summed E-state index contributed by atoms with van der Waals surface area (Å²) in [6, 6.07) is 20.1. The first-order chi connectivity index (χ1) is 16.5. The molecule has 1 atom stereocenters. The molecule has 34 heavy (non-hydrogen) atoms. The highest BCUT2D eigenvalue weighted by Crippen LogP contribution is 2.33. The third-order valence-electron chi connectivity index (χ3n) is 5.81. The maximum absolute atomic E-state index is 13.6. The molecule has 0 fully saturated rings. The van der Waals surface area contributed by atoms with Gasteiger partial charge in [0, 0.05) is 18.0 Å². The molecule has 0 unspecified atom stereocenters. The van der Waals surface area contributed by atoms with Crippen LogP contribution in [0.4, 0.5) is 10.3 Å². The van der Waals surface area contributed by atoms with Crippen molar-refractivity contribution in [3.05, 3.63) is 102 Å². The fourth-order valence-corrected chi connectivity index (χ4v) is 3.93. The molecule has 2 aromatic carbocycles. The lowest BCUT2D eigenvalue weighted by molar-refractivity contribution is 0.282. The Morgan fingerprint density at radius 1 is 1.00 bits per heavy atom. The summed E-state index contributed by atoms with van der Waals surface area (Å²) in [5.74, 6) is 0.188. The lowest BCUT2D eigenvalue weighted by Gasteiger charge is -2.15. The number of halogens is 1. The summed E-state index contributed by atoms with van der Waals surface area (Å²) in [5, 5.41) is 12.9. The van der Waals surface area contributed by atoms with Crippen LogP contribution in [-0.2, 0) is 6.61 Å². The molecule has 0 aliphatic carbocycles. The SMILES string of the molecule is Cc1ccc([C@H](C)Nc2nccc(-c3c(-c4ccc(F)cc4)nc4cc(CO)ccn34)n2)cc1. The number of anilines is 1. The number of rotatable bonds is 6. The molecule has 5 aromatic rings. The Kier molecular flexibility index (Phi) is 5.77. The Labute approximate surface area is 196 Å². The monoisotopic (exact) mass is 453 g/mol. The Bertz CT molecular complexity index is 1440. The molecule has 0 aliphatic heterocycles. The van der Waals surface area contributed by atoms with Crippen molar-refractivity contribution >= 4 is 11.6 Å². The highest BCUT2D eigenvalue weighted by molar-refractivity contribution is 5.80. The average molecular weight is 454 g/mol. The van der Waals surface area contributed by atoms with E-state index in [0.29, 0.717) is 23.0 Å². The number of aromatic nitrogens is 4. The number of aliphatic hydroxyl groups is 1. The van der Waals surface area contributed by atoms with Crippen LogP contribution in [0.3, 0.4) is 0 Å². The number of fused-ring (bicyclic) bond motifs is 1. The molecular weight excluding hydrogens is 429 g/mol. The van der Waals surface area contributed by atoms with Crippen molar-refractivity contribution in [2.75, 3.05) is 5.32 Å². The van der Waals surface area contributed by atoms with Crippen LogP contribution in [0.25, 0.3) is 28.3 Å². The van der Waals surface area contributed by atoms with E-state index >= 15 is 0 Å². The van der Waals surface area contributed by atoms with E-state index in [4.69, 9.17) is 9.97 Å². The Balaban J connectivity index is 1.58. The highest BCUT2D eigenvalue weighted by Gasteiger charge is 2.18. The van der Waals surface area contributed by atoms with Gasteiger partial charge in [-0.2, -0.15) is 0 Å². The first kappa shape index (κ1) is 21.7. The van der Waals surface area contributed by atoms with Gasteiger partial charge in [0.25, 0.3) is 0 Å². The van der Waals surface area contributed by atoms with Crippen LogP contribution in [0, 0.1) is 12.7 Å². The third kappa shape index (κ3) is 4.25. The van der Waals surface area contributed by atoms with E-state index in [-0.39, 0.29) is 18.5 Å². The number of nitrogens with zero attached hydrogens (tertiary/aromatic N) is 4. The number of hydrogen-bond acceptors (Lipinski definition) is 5. The topological polar surface area (TPSA) is 75.3 Å². The van der Waals surface area contributed by atoms with Crippen molar-refractivity contribution in [1.29, 1.82) is 0 Å². The maximum atomic E-state index is 13.6. The first-order valence-electron chi connectivity index (χ1n) is 11.1. The quantitative estimate of drug-likeness (QED) is 0.352. The zero-order chi connectivity index (χ0) is 23.7. The fraction of sp³-hybridized carbons (Fsp3) is 0.148. The second kappa shape index (κ2) is 9.03. The van der Waals surface area contributed by atoms with E-state index in [1.807, 2.05) is 28.8 Å². The van der Waals surface area contributed by atoms with Crippen molar-refractivity contribution in [2.24, 2.45) is 0 Å². The van der Waals surface area contributed by atoms with Gasteiger partial charge in [0.1, 0.15) is 11.5 Å². The first-order valence-corrected chi connectivity index (χ1v) is 11.1. The molecule has 0 aliphatic rings. The standard InChI is InChI=1S/C27H24FN5O/c1-17-3-5-20(6-4-17)18(2)30-27-29-13-11-23(31-27)26-25(21-7-9-22(28)10-8-21)32-24-15-19(16-34)12-14-33(24)26/h3-15,18,34H,16H2,1-2H3,(H,29,30,31)/t18-/m0/s1. The van der Waals surface area contributed by atoms with E-state index in [0.717, 1.165) is 22.4 Å². The van der Waals surface area contributed by atoms with E-state index < -0.39 is 0 Å². The molecule has 7 heteroatoms. The van der Waals surface area contributed by atoms with Crippen molar-refractivity contribution in [3.63, 3.8) is 0 Å². The molecular formula is C27H24FN5O. The van der Waals surface area contributed by atoms with Gasteiger partial charge >= 0.3 is 0 Å². The Morgan fingerprint density at radius 2 is 1.76 bits per heavy atom. The predicted octanol–water partition coefficient (Wildman–Crippen LogP) is 5.57. The van der Waals surface area contributed by atoms with Gasteiger partial charge in [0.2, 0.25) is 5.95 Å². The zero-order valence-electron chi connectivity index (χ0n) is 18.9. The minimum absolute atomic E-state index is 0.0155. The average Bonchev–Trinajstić information content (AvgIpc) is 3.23. The van der Waals surface area contributed by atoms with Gasteiger partial charge in [-0.05, 0) is 67.4 Å². The summed E-state index contributed by atoms with van der Waals surface area (Å²) in [6.45, 7) is 4.05. The lowest BCUT2D eigenvalue weighted by Crippen LogP contribution is -2.10. The van der Waals surface area contributed by atoms with Crippen LogP contribution in [0.15, 0.2) is 79.1 Å². The Hall–Kier alpha value is -4.10. The molecule has 3 aromatic heterocycles. The summed E-state index contributed by atoms with van der Waals surface area (Å²) in [6.07, 6.45) is 3.57. The summed E-state index contributed by atoms with van der Waals surface area (Å²) >= 11 is 0. The van der Waals surface area contributed by atoms with Gasteiger partial charge in [0.15, 0.2) is 0 Å². The van der Waals surface area contributed by atoms with Gasteiger partial charge in [-0.1, -0.05) is 29.8 Å². The van der Waals surface area contributed by atoms with Crippen LogP contribution in [0.2, 0.25) is 0 Å².